The third kappa shape index (κ3) is 4.64. The van der Waals surface area contributed by atoms with Crippen LogP contribution in [0.25, 0.3) is 33.6 Å². The maximum atomic E-state index is 13.0. The molecule has 8 heteroatoms. The first kappa shape index (κ1) is 21.5. The van der Waals surface area contributed by atoms with Crippen LogP contribution in [0.2, 0.25) is 0 Å². The average molecular weight is 444 g/mol. The predicted octanol–water partition coefficient (Wildman–Crippen LogP) is 7.52. The Labute approximate surface area is 179 Å². The van der Waals surface area contributed by atoms with Crippen molar-refractivity contribution in [2.75, 3.05) is 0 Å². The fourth-order valence-electron chi connectivity index (χ4n) is 3.25. The zero-order valence-electron chi connectivity index (χ0n) is 16.2. The number of aromatic nitrogens is 2. The largest absolute Gasteiger partial charge is 0.416 e. The second-order valence-corrected chi connectivity index (χ2v) is 7.02. The average Bonchev–Trinajstić information content (AvgIpc) is 2.78. The van der Waals surface area contributed by atoms with E-state index in [9.17, 15) is 26.3 Å². The summed E-state index contributed by atoms with van der Waals surface area (Å²) in [4.78, 5) is 8.47. The molecule has 0 atom stereocenters. The number of hydrogen-bond donors (Lipinski definition) is 0. The number of rotatable bonds is 3. The molecule has 0 aliphatic heterocycles. The lowest BCUT2D eigenvalue weighted by Crippen LogP contribution is -2.04. The van der Waals surface area contributed by atoms with E-state index in [1.165, 1.54) is 24.5 Å². The van der Waals surface area contributed by atoms with Crippen molar-refractivity contribution in [3.63, 3.8) is 0 Å². The Hall–Kier alpha value is -3.68. The molecule has 0 amide bonds. The van der Waals surface area contributed by atoms with E-state index in [1.54, 1.807) is 36.4 Å². The highest BCUT2D eigenvalue weighted by Crippen LogP contribution is 2.34. The van der Waals surface area contributed by atoms with Gasteiger partial charge in [0.05, 0.1) is 22.5 Å². The van der Waals surface area contributed by atoms with Gasteiger partial charge in [-0.1, -0.05) is 24.3 Å². The molecule has 0 aliphatic rings. The highest BCUT2D eigenvalue weighted by molar-refractivity contribution is 5.73. The van der Waals surface area contributed by atoms with Crippen molar-refractivity contribution in [1.29, 1.82) is 0 Å². The second kappa shape index (κ2) is 8.11. The van der Waals surface area contributed by atoms with Crippen LogP contribution in [0.4, 0.5) is 26.3 Å². The lowest BCUT2D eigenvalue weighted by Gasteiger charge is -2.11. The molecule has 2 aromatic carbocycles. The topological polar surface area (TPSA) is 25.8 Å². The first-order chi connectivity index (χ1) is 15.1. The Kier molecular flexibility index (Phi) is 5.46. The summed E-state index contributed by atoms with van der Waals surface area (Å²) >= 11 is 0. The van der Waals surface area contributed by atoms with E-state index < -0.39 is 23.5 Å². The Bertz CT molecular complexity index is 1160. The monoisotopic (exact) mass is 444 g/mol. The summed E-state index contributed by atoms with van der Waals surface area (Å²) < 4.78 is 78.3. The lowest BCUT2D eigenvalue weighted by atomic mass is 10.0. The third-order valence-electron chi connectivity index (χ3n) is 4.83. The van der Waals surface area contributed by atoms with Gasteiger partial charge in [0, 0.05) is 12.4 Å². The van der Waals surface area contributed by atoms with E-state index in [-0.39, 0.29) is 0 Å². The van der Waals surface area contributed by atoms with Crippen molar-refractivity contribution in [2.45, 2.75) is 12.4 Å². The van der Waals surface area contributed by atoms with Gasteiger partial charge in [-0.25, -0.2) is 0 Å². The van der Waals surface area contributed by atoms with Gasteiger partial charge in [0.2, 0.25) is 0 Å². The maximum absolute atomic E-state index is 13.0. The zero-order valence-corrected chi connectivity index (χ0v) is 16.2. The number of halogens is 6. The van der Waals surface area contributed by atoms with Crippen molar-refractivity contribution >= 4 is 0 Å². The minimum absolute atomic E-state index is 0.359. The van der Waals surface area contributed by atoms with Crippen molar-refractivity contribution in [2.24, 2.45) is 0 Å². The molecular formula is C24H14F6N2. The van der Waals surface area contributed by atoms with Gasteiger partial charge in [0.25, 0.3) is 0 Å². The molecule has 32 heavy (non-hydrogen) atoms. The van der Waals surface area contributed by atoms with Crippen LogP contribution in [0.3, 0.4) is 0 Å². The van der Waals surface area contributed by atoms with Gasteiger partial charge in [-0.2, -0.15) is 26.3 Å². The molecule has 0 bridgehead atoms. The summed E-state index contributed by atoms with van der Waals surface area (Å²) in [6.45, 7) is 0. The van der Waals surface area contributed by atoms with E-state index in [0.717, 1.165) is 24.3 Å². The van der Waals surface area contributed by atoms with Gasteiger partial charge in [0.15, 0.2) is 0 Å². The quantitative estimate of drug-likeness (QED) is 0.306. The minimum atomic E-state index is -4.47. The van der Waals surface area contributed by atoms with Crippen LogP contribution in [-0.4, -0.2) is 9.97 Å². The number of benzene rings is 2. The van der Waals surface area contributed by atoms with Gasteiger partial charge in [-0.3, -0.25) is 9.97 Å². The van der Waals surface area contributed by atoms with Crippen molar-refractivity contribution in [3.05, 3.63) is 96.3 Å². The predicted molar refractivity (Wildman–Crippen MR) is 108 cm³/mol. The Morgan fingerprint density at radius 1 is 0.469 bits per heavy atom. The van der Waals surface area contributed by atoms with Crippen LogP contribution < -0.4 is 0 Å². The molecule has 0 unspecified atom stereocenters. The van der Waals surface area contributed by atoms with E-state index in [1.807, 2.05) is 0 Å². The summed E-state index contributed by atoms with van der Waals surface area (Å²) in [6.07, 6.45) is -6.04. The van der Waals surface area contributed by atoms with Gasteiger partial charge < -0.3 is 0 Å². The van der Waals surface area contributed by atoms with Crippen molar-refractivity contribution in [3.8, 4) is 33.6 Å². The molecule has 0 radical (unpaired) electrons. The normalized spacial score (nSPS) is 12.1. The SMILES string of the molecule is FC(F)(F)c1cccc(-c2ccnc(-c3cc(-c4cccc(C(F)(F)F)c4)ccn3)c2)c1. The maximum Gasteiger partial charge on any atom is 0.416 e. The van der Waals surface area contributed by atoms with Crippen LogP contribution in [-0.2, 0) is 12.4 Å². The zero-order chi connectivity index (χ0) is 22.9. The molecule has 4 aromatic rings. The van der Waals surface area contributed by atoms with E-state index in [0.29, 0.717) is 33.6 Å². The molecule has 162 valence electrons. The fourth-order valence-corrected chi connectivity index (χ4v) is 3.25. The molecule has 2 nitrogen and oxygen atoms in total. The molecule has 0 spiro atoms. The summed E-state index contributed by atoms with van der Waals surface area (Å²) in [5.74, 6) is 0. The van der Waals surface area contributed by atoms with E-state index in [2.05, 4.69) is 9.97 Å². The van der Waals surface area contributed by atoms with Crippen LogP contribution in [0.1, 0.15) is 11.1 Å². The first-order valence-corrected chi connectivity index (χ1v) is 9.39. The van der Waals surface area contributed by atoms with E-state index >= 15 is 0 Å². The van der Waals surface area contributed by atoms with Crippen LogP contribution in [0, 0.1) is 0 Å². The Morgan fingerprint density at radius 3 is 1.22 bits per heavy atom. The van der Waals surface area contributed by atoms with Gasteiger partial charge in [-0.05, 0) is 70.8 Å². The minimum Gasteiger partial charge on any atom is -0.255 e. The molecule has 2 aromatic heterocycles. The molecule has 0 saturated carbocycles. The Balaban J connectivity index is 1.71. The van der Waals surface area contributed by atoms with Crippen LogP contribution in [0.15, 0.2) is 85.2 Å². The van der Waals surface area contributed by atoms with E-state index in [4.69, 9.17) is 0 Å². The van der Waals surface area contributed by atoms with Crippen LogP contribution in [0.5, 0.6) is 0 Å². The highest BCUT2D eigenvalue weighted by atomic mass is 19.4. The molecule has 0 aliphatic carbocycles. The smallest absolute Gasteiger partial charge is 0.255 e. The third-order valence-corrected chi connectivity index (χ3v) is 4.83. The summed E-state index contributed by atoms with van der Waals surface area (Å²) in [5, 5.41) is 0. The highest BCUT2D eigenvalue weighted by Gasteiger charge is 2.31. The number of hydrogen-bond acceptors (Lipinski definition) is 2. The van der Waals surface area contributed by atoms with Gasteiger partial charge >= 0.3 is 12.4 Å². The van der Waals surface area contributed by atoms with Gasteiger partial charge in [0.1, 0.15) is 0 Å². The number of nitrogens with zero attached hydrogens (tertiary/aromatic N) is 2. The standard InChI is InChI=1S/C24H14F6N2/c25-23(26,27)19-5-1-3-15(11-19)17-7-9-31-21(13-17)22-14-18(8-10-32-22)16-4-2-6-20(12-16)24(28,29)30/h1-14H. The molecular weight excluding hydrogens is 430 g/mol. The summed E-state index contributed by atoms with van der Waals surface area (Å²) in [6, 6.07) is 16.2. The summed E-state index contributed by atoms with van der Waals surface area (Å²) in [5.41, 5.74) is 0.966. The molecule has 0 fully saturated rings. The number of pyridine rings is 2. The molecule has 2 heterocycles. The van der Waals surface area contributed by atoms with Crippen molar-refractivity contribution < 1.29 is 26.3 Å². The first-order valence-electron chi connectivity index (χ1n) is 9.39. The van der Waals surface area contributed by atoms with Gasteiger partial charge in [-0.15, -0.1) is 0 Å². The Morgan fingerprint density at radius 2 is 0.844 bits per heavy atom. The molecule has 0 N–H and O–H groups in total. The number of alkyl halides is 6. The second-order valence-electron chi connectivity index (χ2n) is 7.02. The van der Waals surface area contributed by atoms with Crippen molar-refractivity contribution in [1.82, 2.24) is 9.97 Å². The molecule has 0 saturated heterocycles. The molecule has 4 rings (SSSR count). The fraction of sp³-hybridized carbons (Fsp3) is 0.0833. The lowest BCUT2D eigenvalue weighted by molar-refractivity contribution is -0.138. The summed E-state index contributed by atoms with van der Waals surface area (Å²) in [7, 11) is 0. The van der Waals surface area contributed by atoms with Crippen LogP contribution >= 0.6 is 0 Å².